The SMILES string of the molecule is O=C(O)c1cnc2cc(Oc3cc(-c4ccc(C(F)(F)F)cc4)ncn3)ccc2c1. The lowest BCUT2D eigenvalue weighted by Gasteiger charge is -2.09. The highest BCUT2D eigenvalue weighted by Crippen LogP contribution is 2.31. The van der Waals surface area contributed by atoms with Gasteiger partial charge in [0.05, 0.1) is 22.3 Å². The number of pyridine rings is 1. The normalized spacial score (nSPS) is 11.4. The van der Waals surface area contributed by atoms with Gasteiger partial charge in [0.25, 0.3) is 0 Å². The molecular weight excluding hydrogens is 399 g/mol. The largest absolute Gasteiger partial charge is 0.478 e. The first-order valence-corrected chi connectivity index (χ1v) is 8.60. The summed E-state index contributed by atoms with van der Waals surface area (Å²) >= 11 is 0. The third-order valence-corrected chi connectivity index (χ3v) is 4.27. The highest BCUT2D eigenvalue weighted by atomic mass is 19.4. The van der Waals surface area contributed by atoms with Crippen LogP contribution in [0.3, 0.4) is 0 Å². The number of carbonyl (C=O) groups is 1. The monoisotopic (exact) mass is 411 g/mol. The van der Waals surface area contributed by atoms with Gasteiger partial charge in [-0.3, -0.25) is 4.98 Å². The molecule has 2 aromatic carbocycles. The third-order valence-electron chi connectivity index (χ3n) is 4.27. The lowest BCUT2D eigenvalue weighted by atomic mass is 10.1. The van der Waals surface area contributed by atoms with Crippen molar-refractivity contribution in [1.82, 2.24) is 15.0 Å². The zero-order valence-electron chi connectivity index (χ0n) is 15.1. The molecule has 4 aromatic rings. The Bertz CT molecular complexity index is 1240. The number of aromatic nitrogens is 3. The maximum atomic E-state index is 12.7. The fourth-order valence-corrected chi connectivity index (χ4v) is 2.79. The molecular formula is C21H12F3N3O3. The number of benzene rings is 2. The first kappa shape index (κ1) is 19.3. The quantitative estimate of drug-likeness (QED) is 0.497. The zero-order valence-corrected chi connectivity index (χ0v) is 15.1. The standard InChI is InChI=1S/C21H12F3N3O3/c22-21(23,24)15-4-1-12(2-5-15)18-9-19(27-11-26-18)30-16-6-3-13-7-14(20(28)29)10-25-17(13)8-16/h1-11H,(H,28,29). The topological polar surface area (TPSA) is 85.2 Å². The van der Waals surface area contributed by atoms with Crippen LogP contribution in [0.25, 0.3) is 22.2 Å². The molecule has 0 unspecified atom stereocenters. The summed E-state index contributed by atoms with van der Waals surface area (Å²) in [7, 11) is 0. The molecule has 4 rings (SSSR count). The molecule has 0 bridgehead atoms. The number of alkyl halides is 3. The minimum atomic E-state index is -4.41. The summed E-state index contributed by atoms with van der Waals surface area (Å²) in [5.41, 5.74) is 0.754. The van der Waals surface area contributed by atoms with E-state index in [0.717, 1.165) is 12.1 Å². The van der Waals surface area contributed by atoms with Crippen molar-refractivity contribution in [1.29, 1.82) is 0 Å². The second-order valence-electron chi connectivity index (χ2n) is 6.30. The van der Waals surface area contributed by atoms with Crippen LogP contribution in [-0.4, -0.2) is 26.0 Å². The molecule has 0 aliphatic carbocycles. The van der Waals surface area contributed by atoms with Gasteiger partial charge in [0.2, 0.25) is 5.88 Å². The van der Waals surface area contributed by atoms with Gasteiger partial charge in [0, 0.05) is 29.3 Å². The Hall–Kier alpha value is -4.01. The van der Waals surface area contributed by atoms with E-state index in [1.807, 2.05) is 0 Å². The number of carboxylic acid groups (broad SMARTS) is 1. The number of hydrogen-bond donors (Lipinski definition) is 1. The maximum Gasteiger partial charge on any atom is 0.416 e. The summed E-state index contributed by atoms with van der Waals surface area (Å²) < 4.78 is 43.9. The molecule has 0 aliphatic rings. The van der Waals surface area contributed by atoms with Crippen LogP contribution in [0.4, 0.5) is 13.2 Å². The van der Waals surface area contributed by atoms with Gasteiger partial charge in [-0.25, -0.2) is 14.8 Å². The Kier molecular flexibility index (Phi) is 4.78. The predicted molar refractivity (Wildman–Crippen MR) is 101 cm³/mol. The van der Waals surface area contributed by atoms with E-state index in [4.69, 9.17) is 9.84 Å². The summed E-state index contributed by atoms with van der Waals surface area (Å²) in [5.74, 6) is -0.460. The van der Waals surface area contributed by atoms with Crippen molar-refractivity contribution in [3.63, 3.8) is 0 Å². The molecule has 6 nitrogen and oxygen atoms in total. The summed E-state index contributed by atoms with van der Waals surface area (Å²) in [6.45, 7) is 0. The van der Waals surface area contributed by atoms with E-state index in [-0.39, 0.29) is 11.4 Å². The number of carboxylic acids is 1. The number of nitrogens with zero attached hydrogens (tertiary/aromatic N) is 3. The number of hydrogen-bond acceptors (Lipinski definition) is 5. The highest BCUT2D eigenvalue weighted by molar-refractivity contribution is 5.92. The zero-order chi connectivity index (χ0) is 21.3. The minimum absolute atomic E-state index is 0.0770. The Morgan fingerprint density at radius 2 is 1.70 bits per heavy atom. The van der Waals surface area contributed by atoms with Crippen molar-refractivity contribution in [2.75, 3.05) is 0 Å². The van der Waals surface area contributed by atoms with Crippen molar-refractivity contribution >= 4 is 16.9 Å². The van der Waals surface area contributed by atoms with Gasteiger partial charge in [-0.15, -0.1) is 0 Å². The Morgan fingerprint density at radius 1 is 0.933 bits per heavy atom. The van der Waals surface area contributed by atoms with E-state index < -0.39 is 17.7 Å². The van der Waals surface area contributed by atoms with E-state index >= 15 is 0 Å². The van der Waals surface area contributed by atoms with Crippen LogP contribution in [0.1, 0.15) is 15.9 Å². The molecule has 0 saturated carbocycles. The summed E-state index contributed by atoms with van der Waals surface area (Å²) in [6, 6.07) is 12.6. The van der Waals surface area contributed by atoms with E-state index in [1.54, 1.807) is 18.2 Å². The van der Waals surface area contributed by atoms with Crippen LogP contribution >= 0.6 is 0 Å². The van der Waals surface area contributed by atoms with Gasteiger partial charge in [0.1, 0.15) is 12.1 Å². The van der Waals surface area contributed by atoms with Gasteiger partial charge in [-0.2, -0.15) is 13.2 Å². The number of rotatable bonds is 4. The van der Waals surface area contributed by atoms with Crippen molar-refractivity contribution in [2.24, 2.45) is 0 Å². The third kappa shape index (κ3) is 4.04. The molecule has 1 N–H and O–H groups in total. The number of ether oxygens (including phenoxy) is 1. The molecule has 0 radical (unpaired) electrons. The van der Waals surface area contributed by atoms with Crippen molar-refractivity contribution < 1.29 is 27.8 Å². The van der Waals surface area contributed by atoms with Gasteiger partial charge in [-0.1, -0.05) is 12.1 Å². The molecule has 9 heteroatoms. The molecule has 0 amide bonds. The maximum absolute atomic E-state index is 12.7. The lowest BCUT2D eigenvalue weighted by Crippen LogP contribution is -2.04. The highest BCUT2D eigenvalue weighted by Gasteiger charge is 2.30. The van der Waals surface area contributed by atoms with Crippen LogP contribution in [0, 0.1) is 0 Å². The molecule has 2 aromatic heterocycles. The number of fused-ring (bicyclic) bond motifs is 1. The second-order valence-corrected chi connectivity index (χ2v) is 6.30. The molecule has 2 heterocycles. The summed E-state index contributed by atoms with van der Waals surface area (Å²) in [5, 5.41) is 9.67. The van der Waals surface area contributed by atoms with Crippen LogP contribution in [-0.2, 0) is 6.18 Å². The Morgan fingerprint density at radius 3 is 2.40 bits per heavy atom. The van der Waals surface area contributed by atoms with E-state index in [9.17, 15) is 18.0 Å². The van der Waals surface area contributed by atoms with E-state index in [2.05, 4.69) is 15.0 Å². The molecule has 30 heavy (non-hydrogen) atoms. The summed E-state index contributed by atoms with van der Waals surface area (Å²) in [4.78, 5) is 23.2. The fourth-order valence-electron chi connectivity index (χ4n) is 2.79. The van der Waals surface area contributed by atoms with E-state index in [1.165, 1.54) is 36.8 Å². The summed E-state index contributed by atoms with van der Waals surface area (Å²) in [6.07, 6.45) is -1.91. The molecule has 0 saturated heterocycles. The average Bonchev–Trinajstić information content (AvgIpc) is 2.73. The molecule has 0 fully saturated rings. The lowest BCUT2D eigenvalue weighted by molar-refractivity contribution is -0.137. The number of aromatic carboxylic acids is 1. The molecule has 0 atom stereocenters. The van der Waals surface area contributed by atoms with Gasteiger partial charge < -0.3 is 9.84 Å². The van der Waals surface area contributed by atoms with Gasteiger partial charge >= 0.3 is 12.1 Å². The van der Waals surface area contributed by atoms with Gasteiger partial charge in [-0.05, 0) is 30.3 Å². The molecule has 150 valence electrons. The van der Waals surface area contributed by atoms with Crippen LogP contribution in [0.15, 0.2) is 67.1 Å². The van der Waals surface area contributed by atoms with Crippen LogP contribution in [0.5, 0.6) is 11.6 Å². The Balaban J connectivity index is 1.58. The van der Waals surface area contributed by atoms with Crippen molar-refractivity contribution in [3.8, 4) is 22.9 Å². The second kappa shape index (κ2) is 7.43. The smallest absolute Gasteiger partial charge is 0.416 e. The van der Waals surface area contributed by atoms with Crippen LogP contribution < -0.4 is 4.74 Å². The average molecular weight is 411 g/mol. The van der Waals surface area contributed by atoms with E-state index in [0.29, 0.717) is 27.9 Å². The number of halogens is 3. The minimum Gasteiger partial charge on any atom is -0.478 e. The first-order chi connectivity index (χ1) is 14.3. The molecule has 0 aliphatic heterocycles. The Labute approximate surface area is 167 Å². The fraction of sp³-hybridized carbons (Fsp3) is 0.0476. The first-order valence-electron chi connectivity index (χ1n) is 8.60. The van der Waals surface area contributed by atoms with Crippen molar-refractivity contribution in [2.45, 2.75) is 6.18 Å². The van der Waals surface area contributed by atoms with Crippen molar-refractivity contribution in [3.05, 3.63) is 78.2 Å². The molecule has 0 spiro atoms. The predicted octanol–water partition coefficient (Wildman–Crippen LogP) is 5.20. The van der Waals surface area contributed by atoms with Crippen LogP contribution in [0.2, 0.25) is 0 Å². The van der Waals surface area contributed by atoms with Gasteiger partial charge in [0.15, 0.2) is 0 Å².